The Bertz CT molecular complexity index is 1180. The van der Waals surface area contributed by atoms with Crippen molar-refractivity contribution in [1.29, 1.82) is 0 Å². The number of nitrogens with one attached hydrogen (secondary N) is 1. The molecule has 1 unspecified atom stereocenters. The van der Waals surface area contributed by atoms with Gasteiger partial charge in [0.05, 0.1) is 19.5 Å². The molecule has 2 N–H and O–H groups in total. The monoisotopic (exact) mass is 517 g/mol. The Kier molecular flexibility index (Phi) is 7.41. The van der Waals surface area contributed by atoms with E-state index in [1.807, 2.05) is 0 Å². The summed E-state index contributed by atoms with van der Waals surface area (Å²) >= 11 is 6.08. The fraction of sp³-hybridized carbons (Fsp3) is 0.333. The molecule has 2 aliphatic rings. The lowest BCUT2D eigenvalue weighted by molar-refractivity contribution is -0.189. The number of nitrogens with zero attached hydrogens (tertiary/aromatic N) is 4. The lowest BCUT2D eigenvalue weighted by Crippen LogP contribution is -2.76. The van der Waals surface area contributed by atoms with Crippen LogP contribution in [0.15, 0.2) is 48.5 Å². The lowest BCUT2D eigenvalue weighted by Gasteiger charge is -2.54. The molecular formula is C24H25ClFN5O5. The van der Waals surface area contributed by atoms with Crippen molar-refractivity contribution in [1.82, 2.24) is 25.1 Å². The van der Waals surface area contributed by atoms with Gasteiger partial charge in [0.1, 0.15) is 18.0 Å². The number of hydrogen-bond acceptors (Lipinski definition) is 5. The van der Waals surface area contributed by atoms with Gasteiger partial charge in [0.25, 0.3) is 0 Å². The second kappa shape index (κ2) is 10.5. The van der Waals surface area contributed by atoms with Gasteiger partial charge in [0.15, 0.2) is 0 Å². The van der Waals surface area contributed by atoms with Gasteiger partial charge in [-0.3, -0.25) is 14.4 Å². The van der Waals surface area contributed by atoms with Gasteiger partial charge in [-0.25, -0.2) is 19.2 Å². The first-order valence-corrected chi connectivity index (χ1v) is 11.6. The molecule has 0 radical (unpaired) electrons. The molecule has 2 aromatic carbocycles. The Morgan fingerprint density at radius 2 is 1.86 bits per heavy atom. The molecular weight excluding hydrogens is 493 g/mol. The van der Waals surface area contributed by atoms with Crippen LogP contribution in [0.25, 0.3) is 0 Å². The molecule has 0 saturated carbocycles. The van der Waals surface area contributed by atoms with E-state index in [4.69, 9.17) is 11.6 Å². The molecule has 0 bridgehead atoms. The van der Waals surface area contributed by atoms with E-state index in [2.05, 4.69) is 5.32 Å². The topological polar surface area (TPSA) is 114 Å². The van der Waals surface area contributed by atoms with Gasteiger partial charge in [-0.05, 0) is 35.4 Å². The fourth-order valence-electron chi connectivity index (χ4n) is 4.53. The highest BCUT2D eigenvalue weighted by Gasteiger charge is 2.51. The second-order valence-electron chi connectivity index (χ2n) is 8.69. The highest BCUT2D eigenvalue weighted by atomic mass is 35.5. The minimum absolute atomic E-state index is 0.0263. The third-order valence-electron chi connectivity index (χ3n) is 6.14. The van der Waals surface area contributed by atoms with E-state index >= 15 is 0 Å². The van der Waals surface area contributed by atoms with E-state index in [-0.39, 0.29) is 26.2 Å². The maximum atomic E-state index is 13.3. The molecule has 10 nitrogen and oxygen atoms in total. The Hall–Kier alpha value is -3.70. The van der Waals surface area contributed by atoms with Crippen LogP contribution in [0, 0.1) is 5.82 Å². The van der Waals surface area contributed by atoms with Crippen molar-refractivity contribution in [2.75, 3.05) is 20.1 Å². The SMILES string of the molecule is CN1CC(=O)N2C(CN(Cc3cccc(Cl)c3)C(=O)[C@@H]2CC(=O)O)N1C(=O)NCc1ccc(F)cc1. The largest absolute Gasteiger partial charge is 0.481 e. The van der Waals surface area contributed by atoms with Crippen molar-refractivity contribution >= 4 is 35.4 Å². The number of carbonyl (C=O) groups is 4. The van der Waals surface area contributed by atoms with Crippen molar-refractivity contribution in [3.8, 4) is 0 Å². The van der Waals surface area contributed by atoms with Gasteiger partial charge in [0.2, 0.25) is 11.8 Å². The van der Waals surface area contributed by atoms with Gasteiger partial charge >= 0.3 is 12.0 Å². The summed E-state index contributed by atoms with van der Waals surface area (Å²) in [6.07, 6.45) is -1.52. The number of hydrogen-bond donors (Lipinski definition) is 2. The highest BCUT2D eigenvalue weighted by Crippen LogP contribution is 2.28. The summed E-state index contributed by atoms with van der Waals surface area (Å²) in [5.74, 6) is -2.60. The van der Waals surface area contributed by atoms with Crippen molar-refractivity contribution in [2.24, 2.45) is 0 Å². The summed E-state index contributed by atoms with van der Waals surface area (Å²) in [7, 11) is 1.57. The van der Waals surface area contributed by atoms with E-state index in [0.717, 1.165) is 5.56 Å². The average Bonchev–Trinajstić information content (AvgIpc) is 2.81. The summed E-state index contributed by atoms with van der Waals surface area (Å²) in [4.78, 5) is 53.8. The first kappa shape index (κ1) is 25.4. The van der Waals surface area contributed by atoms with Gasteiger partial charge in [-0.15, -0.1) is 0 Å². The minimum atomic E-state index is -1.27. The third-order valence-corrected chi connectivity index (χ3v) is 6.37. The van der Waals surface area contributed by atoms with Gasteiger partial charge in [-0.2, -0.15) is 0 Å². The van der Waals surface area contributed by atoms with Crippen LogP contribution in [0.4, 0.5) is 9.18 Å². The molecule has 2 atom stereocenters. The van der Waals surface area contributed by atoms with E-state index < -0.39 is 48.3 Å². The summed E-state index contributed by atoms with van der Waals surface area (Å²) in [5, 5.41) is 15.5. The van der Waals surface area contributed by atoms with Crippen molar-refractivity contribution in [3.63, 3.8) is 0 Å². The molecule has 4 rings (SSSR count). The van der Waals surface area contributed by atoms with Crippen molar-refractivity contribution < 1.29 is 28.7 Å². The van der Waals surface area contributed by atoms with Crippen LogP contribution in [0.2, 0.25) is 5.02 Å². The quantitative estimate of drug-likeness (QED) is 0.605. The van der Waals surface area contributed by atoms with Crippen LogP contribution in [0.3, 0.4) is 0 Å². The summed E-state index contributed by atoms with van der Waals surface area (Å²) in [6.45, 7) is -0.00367. The number of carboxylic acid groups (broad SMARTS) is 1. The number of aliphatic carboxylic acids is 1. The molecule has 0 aromatic heterocycles. The molecule has 12 heteroatoms. The Labute approximate surface area is 211 Å². The van der Waals surface area contributed by atoms with Crippen molar-refractivity contribution in [2.45, 2.75) is 31.7 Å². The number of benzene rings is 2. The normalized spacial score (nSPS) is 20.4. The number of carboxylic acids is 1. The van der Waals surface area contributed by atoms with Crippen LogP contribution in [-0.2, 0) is 27.5 Å². The molecule has 2 heterocycles. The molecule has 2 aliphatic heterocycles. The summed E-state index contributed by atoms with van der Waals surface area (Å²) < 4.78 is 13.2. The Morgan fingerprint density at radius 3 is 2.53 bits per heavy atom. The smallest absolute Gasteiger partial charge is 0.334 e. The summed E-state index contributed by atoms with van der Waals surface area (Å²) in [6, 6.07) is 10.7. The number of piperazine rings is 1. The number of hydrazine groups is 1. The number of halogens is 2. The molecule has 2 fully saturated rings. The first-order valence-electron chi connectivity index (χ1n) is 11.2. The third kappa shape index (κ3) is 5.42. The Morgan fingerprint density at radius 1 is 1.14 bits per heavy atom. The molecule has 0 aliphatic carbocycles. The van der Waals surface area contributed by atoms with E-state index in [1.54, 1.807) is 43.4 Å². The first-order chi connectivity index (χ1) is 17.1. The molecule has 2 saturated heterocycles. The minimum Gasteiger partial charge on any atom is -0.481 e. The zero-order chi connectivity index (χ0) is 26.0. The highest BCUT2D eigenvalue weighted by molar-refractivity contribution is 6.30. The molecule has 36 heavy (non-hydrogen) atoms. The maximum absolute atomic E-state index is 13.3. The average molecular weight is 518 g/mol. The number of fused-ring (bicyclic) bond motifs is 1. The van der Waals surface area contributed by atoms with Crippen LogP contribution in [-0.4, -0.2) is 81.1 Å². The molecule has 4 amide bonds. The molecule has 190 valence electrons. The predicted molar refractivity (Wildman–Crippen MR) is 127 cm³/mol. The number of amides is 4. The van der Waals surface area contributed by atoms with E-state index in [1.165, 1.54) is 32.0 Å². The van der Waals surface area contributed by atoms with Gasteiger partial charge in [0, 0.05) is 25.2 Å². The molecule has 2 aromatic rings. The van der Waals surface area contributed by atoms with Gasteiger partial charge < -0.3 is 20.2 Å². The lowest BCUT2D eigenvalue weighted by atomic mass is 10.0. The molecule has 0 spiro atoms. The number of carbonyl (C=O) groups excluding carboxylic acids is 3. The zero-order valence-corrected chi connectivity index (χ0v) is 20.2. The fourth-order valence-corrected chi connectivity index (χ4v) is 4.74. The predicted octanol–water partition coefficient (Wildman–Crippen LogP) is 1.89. The van der Waals surface area contributed by atoms with Crippen LogP contribution in [0.5, 0.6) is 0 Å². The van der Waals surface area contributed by atoms with E-state index in [9.17, 15) is 28.7 Å². The zero-order valence-electron chi connectivity index (χ0n) is 19.4. The number of urea groups is 1. The number of likely N-dealkylation sites (N-methyl/N-ethyl adjacent to an activating group) is 1. The summed E-state index contributed by atoms with van der Waals surface area (Å²) in [5.41, 5.74) is 1.39. The van der Waals surface area contributed by atoms with Crippen LogP contribution >= 0.6 is 11.6 Å². The second-order valence-corrected chi connectivity index (χ2v) is 9.13. The van der Waals surface area contributed by atoms with Gasteiger partial charge in [-0.1, -0.05) is 35.9 Å². The number of rotatable bonds is 6. The Balaban J connectivity index is 1.61. The van der Waals surface area contributed by atoms with Crippen molar-refractivity contribution in [3.05, 3.63) is 70.5 Å². The maximum Gasteiger partial charge on any atom is 0.334 e. The standard InChI is InChI=1S/C24H25ClFN5O5/c1-28-14-21(32)30-19(10-22(33)34)23(35)29(12-16-3-2-4-17(25)9-16)13-20(30)31(28)24(36)27-11-15-5-7-18(26)8-6-15/h2-9,19-20H,10-14H2,1H3,(H,27,36)(H,33,34)/t19-,20?/m0/s1. The van der Waals surface area contributed by atoms with E-state index in [0.29, 0.717) is 10.6 Å². The van der Waals surface area contributed by atoms with Crippen LogP contribution in [0.1, 0.15) is 17.5 Å². The van der Waals surface area contributed by atoms with Crippen LogP contribution < -0.4 is 5.32 Å².